The molecule has 0 N–H and O–H groups in total. The lowest BCUT2D eigenvalue weighted by molar-refractivity contribution is 0.0595. The second-order valence-corrected chi connectivity index (χ2v) is 4.91. The molecule has 2 heterocycles. The van der Waals surface area contributed by atoms with Gasteiger partial charge in [0, 0.05) is 6.20 Å². The highest BCUT2D eigenvalue weighted by molar-refractivity contribution is 6.32. The predicted octanol–water partition coefficient (Wildman–Crippen LogP) is 2.66. The summed E-state index contributed by atoms with van der Waals surface area (Å²) >= 11 is 6.20. The standard InChI is InChI=1S/C13H13ClN2O3/c1-18-9-5-8(7-3-4-7)6-16-11(14)10(13(17)19-2)15-12(9)16/h5-7H,3-4H2,1-2H3. The van der Waals surface area contributed by atoms with E-state index in [2.05, 4.69) is 9.72 Å². The molecule has 0 aromatic carbocycles. The molecule has 2 aromatic rings. The maximum absolute atomic E-state index is 11.6. The molecule has 0 aliphatic heterocycles. The summed E-state index contributed by atoms with van der Waals surface area (Å²) in [5.41, 5.74) is 1.78. The lowest BCUT2D eigenvalue weighted by Crippen LogP contribution is -2.02. The van der Waals surface area contributed by atoms with Gasteiger partial charge in [0.05, 0.1) is 14.2 Å². The van der Waals surface area contributed by atoms with Gasteiger partial charge in [0.25, 0.3) is 0 Å². The number of nitrogens with zero attached hydrogens (tertiary/aromatic N) is 2. The molecule has 1 aliphatic carbocycles. The number of rotatable bonds is 3. The third kappa shape index (κ3) is 1.94. The van der Waals surface area contributed by atoms with Crippen molar-refractivity contribution in [2.45, 2.75) is 18.8 Å². The van der Waals surface area contributed by atoms with Crippen molar-refractivity contribution >= 4 is 23.2 Å². The van der Waals surface area contributed by atoms with Crippen LogP contribution in [0.2, 0.25) is 5.15 Å². The summed E-state index contributed by atoms with van der Waals surface area (Å²) in [6.07, 6.45) is 4.26. The summed E-state index contributed by atoms with van der Waals surface area (Å²) in [5, 5.41) is 0.252. The largest absolute Gasteiger partial charge is 0.493 e. The molecule has 5 nitrogen and oxygen atoms in total. The fourth-order valence-corrected chi connectivity index (χ4v) is 2.37. The van der Waals surface area contributed by atoms with Gasteiger partial charge < -0.3 is 9.47 Å². The Labute approximate surface area is 115 Å². The summed E-state index contributed by atoms with van der Waals surface area (Å²) in [6.45, 7) is 0. The minimum atomic E-state index is -0.552. The van der Waals surface area contributed by atoms with Gasteiger partial charge in [-0.05, 0) is 30.4 Å². The molecule has 1 aliphatic rings. The van der Waals surface area contributed by atoms with Crippen LogP contribution >= 0.6 is 11.6 Å². The minimum absolute atomic E-state index is 0.107. The molecular formula is C13H13ClN2O3. The van der Waals surface area contributed by atoms with E-state index in [1.165, 1.54) is 20.0 Å². The SMILES string of the molecule is COC(=O)c1nc2c(OC)cc(C3CC3)cn2c1Cl. The molecular weight excluding hydrogens is 268 g/mol. The molecule has 6 heteroatoms. The van der Waals surface area contributed by atoms with Gasteiger partial charge in [-0.25, -0.2) is 9.78 Å². The first kappa shape index (κ1) is 12.3. The number of hydrogen-bond acceptors (Lipinski definition) is 4. The number of carbonyl (C=O) groups excluding carboxylic acids is 1. The summed E-state index contributed by atoms with van der Waals surface area (Å²) in [4.78, 5) is 15.8. The summed E-state index contributed by atoms with van der Waals surface area (Å²) < 4.78 is 11.7. The fourth-order valence-electron chi connectivity index (χ4n) is 2.12. The van der Waals surface area contributed by atoms with E-state index in [0.29, 0.717) is 17.3 Å². The summed E-state index contributed by atoms with van der Waals surface area (Å²) in [6, 6.07) is 1.96. The molecule has 0 saturated heterocycles. The molecule has 19 heavy (non-hydrogen) atoms. The van der Waals surface area contributed by atoms with Crippen LogP contribution in [0.1, 0.15) is 34.8 Å². The number of aromatic nitrogens is 2. The van der Waals surface area contributed by atoms with Crippen LogP contribution < -0.4 is 4.74 Å². The smallest absolute Gasteiger partial charge is 0.359 e. The van der Waals surface area contributed by atoms with Gasteiger partial charge in [0.1, 0.15) is 5.15 Å². The van der Waals surface area contributed by atoms with Crippen molar-refractivity contribution in [1.82, 2.24) is 9.38 Å². The van der Waals surface area contributed by atoms with E-state index >= 15 is 0 Å². The Morgan fingerprint density at radius 1 is 1.47 bits per heavy atom. The molecule has 0 unspecified atom stereocenters. The maximum Gasteiger partial charge on any atom is 0.359 e. The molecule has 100 valence electrons. The van der Waals surface area contributed by atoms with Crippen molar-refractivity contribution < 1.29 is 14.3 Å². The number of halogens is 1. The van der Waals surface area contributed by atoms with Gasteiger partial charge in [-0.2, -0.15) is 0 Å². The van der Waals surface area contributed by atoms with E-state index in [-0.39, 0.29) is 10.8 Å². The van der Waals surface area contributed by atoms with Gasteiger partial charge in [-0.3, -0.25) is 4.40 Å². The van der Waals surface area contributed by atoms with Gasteiger partial charge in [0.2, 0.25) is 0 Å². The molecule has 0 atom stereocenters. The van der Waals surface area contributed by atoms with Crippen molar-refractivity contribution in [1.29, 1.82) is 0 Å². The summed E-state index contributed by atoms with van der Waals surface area (Å²) in [7, 11) is 2.88. The average molecular weight is 281 g/mol. The molecule has 2 aromatic heterocycles. The third-order valence-electron chi connectivity index (χ3n) is 3.30. The molecule has 0 radical (unpaired) electrons. The van der Waals surface area contributed by atoms with Crippen LogP contribution in [0, 0.1) is 0 Å². The first-order chi connectivity index (χ1) is 9.15. The van der Waals surface area contributed by atoms with Crippen LogP contribution in [0.25, 0.3) is 5.65 Å². The highest BCUT2D eigenvalue weighted by Gasteiger charge is 2.27. The third-order valence-corrected chi connectivity index (χ3v) is 3.66. The summed E-state index contributed by atoms with van der Waals surface area (Å²) in [5.74, 6) is 0.614. The maximum atomic E-state index is 11.6. The van der Waals surface area contributed by atoms with E-state index in [4.69, 9.17) is 16.3 Å². The Morgan fingerprint density at radius 2 is 2.21 bits per heavy atom. The minimum Gasteiger partial charge on any atom is -0.493 e. The van der Waals surface area contributed by atoms with Crippen LogP contribution in [0.4, 0.5) is 0 Å². The first-order valence-electron chi connectivity index (χ1n) is 5.99. The number of carbonyl (C=O) groups is 1. The normalized spacial score (nSPS) is 14.7. The first-order valence-corrected chi connectivity index (χ1v) is 6.37. The van der Waals surface area contributed by atoms with E-state index in [1.54, 1.807) is 11.5 Å². The second kappa shape index (κ2) is 4.42. The topological polar surface area (TPSA) is 52.8 Å². The van der Waals surface area contributed by atoms with Crippen molar-refractivity contribution in [3.8, 4) is 5.75 Å². The zero-order valence-corrected chi connectivity index (χ0v) is 11.4. The van der Waals surface area contributed by atoms with Gasteiger partial charge in [-0.1, -0.05) is 11.6 Å². The number of fused-ring (bicyclic) bond motifs is 1. The lowest BCUT2D eigenvalue weighted by Gasteiger charge is -2.06. The molecule has 3 rings (SSSR count). The quantitative estimate of drug-likeness (QED) is 0.811. The zero-order chi connectivity index (χ0) is 13.6. The van der Waals surface area contributed by atoms with E-state index in [1.807, 2.05) is 12.3 Å². The van der Waals surface area contributed by atoms with Crippen LogP contribution in [-0.4, -0.2) is 29.6 Å². The van der Waals surface area contributed by atoms with Gasteiger partial charge in [-0.15, -0.1) is 0 Å². The number of ether oxygens (including phenoxy) is 2. The Hall–Kier alpha value is -1.75. The molecule has 0 spiro atoms. The van der Waals surface area contributed by atoms with Crippen molar-refractivity contribution in [3.05, 3.63) is 28.7 Å². The van der Waals surface area contributed by atoms with Crippen LogP contribution in [-0.2, 0) is 4.74 Å². The molecule has 1 fully saturated rings. The predicted molar refractivity (Wildman–Crippen MR) is 70.1 cm³/mol. The number of esters is 1. The zero-order valence-electron chi connectivity index (χ0n) is 10.6. The van der Waals surface area contributed by atoms with E-state index < -0.39 is 5.97 Å². The monoisotopic (exact) mass is 280 g/mol. The number of hydrogen-bond donors (Lipinski definition) is 0. The molecule has 1 saturated carbocycles. The number of methoxy groups -OCH3 is 2. The molecule has 0 bridgehead atoms. The molecule has 0 amide bonds. The van der Waals surface area contributed by atoms with Gasteiger partial charge >= 0.3 is 5.97 Å². The highest BCUT2D eigenvalue weighted by Crippen LogP contribution is 2.42. The Kier molecular flexibility index (Phi) is 2.86. The van der Waals surface area contributed by atoms with E-state index in [9.17, 15) is 4.79 Å². The van der Waals surface area contributed by atoms with Crippen LogP contribution in [0.5, 0.6) is 5.75 Å². The Balaban J connectivity index is 2.24. The Morgan fingerprint density at radius 3 is 2.79 bits per heavy atom. The Bertz CT molecular complexity index is 661. The number of imidazole rings is 1. The van der Waals surface area contributed by atoms with E-state index in [0.717, 1.165) is 5.56 Å². The number of pyridine rings is 1. The lowest BCUT2D eigenvalue weighted by atomic mass is 10.2. The highest BCUT2D eigenvalue weighted by atomic mass is 35.5. The van der Waals surface area contributed by atoms with Crippen LogP contribution in [0.15, 0.2) is 12.3 Å². The van der Waals surface area contributed by atoms with Gasteiger partial charge in [0.15, 0.2) is 17.1 Å². The second-order valence-electron chi connectivity index (χ2n) is 4.55. The van der Waals surface area contributed by atoms with Crippen molar-refractivity contribution in [2.75, 3.05) is 14.2 Å². The van der Waals surface area contributed by atoms with Crippen molar-refractivity contribution in [2.24, 2.45) is 0 Å². The fraction of sp³-hybridized carbons (Fsp3) is 0.385. The van der Waals surface area contributed by atoms with Crippen molar-refractivity contribution in [3.63, 3.8) is 0 Å². The van der Waals surface area contributed by atoms with Crippen LogP contribution in [0.3, 0.4) is 0 Å². The average Bonchev–Trinajstić information content (AvgIpc) is 3.22.